The molecule has 0 saturated carbocycles. The second-order valence-electron chi connectivity index (χ2n) is 9.85. The zero-order valence-electron chi connectivity index (χ0n) is 19.2. The lowest BCUT2D eigenvalue weighted by molar-refractivity contribution is 0.0855. The van der Waals surface area contributed by atoms with Crippen LogP contribution in [0.25, 0.3) is 22.5 Å². The zero-order chi connectivity index (χ0) is 23.2. The van der Waals surface area contributed by atoms with E-state index in [1.54, 1.807) is 12.4 Å². The molecule has 34 heavy (non-hydrogen) atoms. The highest BCUT2D eigenvalue weighted by atomic mass is 16.4. The molecule has 2 bridgehead atoms. The highest BCUT2D eigenvalue weighted by Gasteiger charge is 2.39. The van der Waals surface area contributed by atoms with Crippen LogP contribution >= 0.6 is 0 Å². The van der Waals surface area contributed by atoms with Crippen molar-refractivity contribution < 1.29 is 9.21 Å². The van der Waals surface area contributed by atoms with Crippen molar-refractivity contribution in [1.82, 2.24) is 15.2 Å². The van der Waals surface area contributed by atoms with E-state index in [0.717, 1.165) is 60.2 Å². The van der Waals surface area contributed by atoms with Crippen LogP contribution in [-0.2, 0) is 6.42 Å². The van der Waals surface area contributed by atoms with Gasteiger partial charge in [0.25, 0.3) is 5.91 Å². The number of hydrogen-bond acceptors (Lipinski definition) is 6. The first kappa shape index (κ1) is 21.2. The SMILES string of the molecule is CC1[C@H]2CCN1CC(NC(=O)c1cc(-c3ccc4c(c3)CCC4N=O)c(-c3ccncc3)o1)C2. The lowest BCUT2D eigenvalue weighted by atomic mass is 9.90. The largest absolute Gasteiger partial charge is 0.450 e. The van der Waals surface area contributed by atoms with Crippen LogP contribution in [-0.4, -0.2) is 41.0 Å². The summed E-state index contributed by atoms with van der Waals surface area (Å²) in [5.41, 5.74) is 4.84. The summed E-state index contributed by atoms with van der Waals surface area (Å²) in [5, 5.41) is 6.49. The molecule has 2 saturated heterocycles. The number of piperidine rings is 1. The smallest absolute Gasteiger partial charge is 0.287 e. The second kappa shape index (κ2) is 8.47. The molecule has 1 aliphatic carbocycles. The number of carbonyl (C=O) groups excluding carboxylic acids is 1. The van der Waals surface area contributed by atoms with Crippen molar-refractivity contribution in [3.63, 3.8) is 0 Å². The molecule has 3 aromatic rings. The maximum atomic E-state index is 13.2. The molecular formula is C27H28N4O3. The van der Waals surface area contributed by atoms with E-state index in [0.29, 0.717) is 23.5 Å². The Labute approximate surface area is 198 Å². The van der Waals surface area contributed by atoms with Crippen LogP contribution in [0, 0.1) is 10.8 Å². The predicted molar refractivity (Wildman–Crippen MR) is 129 cm³/mol. The summed E-state index contributed by atoms with van der Waals surface area (Å²) in [6.45, 7) is 4.30. The number of nitroso groups, excluding NO2 is 1. The maximum absolute atomic E-state index is 13.2. The average Bonchev–Trinajstić information content (AvgIpc) is 3.53. The number of nitrogens with zero attached hydrogens (tertiary/aromatic N) is 3. The Balaban J connectivity index is 1.32. The van der Waals surface area contributed by atoms with Crippen LogP contribution < -0.4 is 5.32 Å². The van der Waals surface area contributed by atoms with E-state index in [1.807, 2.05) is 30.3 Å². The minimum atomic E-state index is -0.265. The lowest BCUT2D eigenvalue weighted by Gasteiger charge is -2.35. The Morgan fingerprint density at radius 1 is 1.15 bits per heavy atom. The molecule has 4 unspecified atom stereocenters. The van der Waals surface area contributed by atoms with Gasteiger partial charge in [0.2, 0.25) is 0 Å². The van der Waals surface area contributed by atoms with Gasteiger partial charge >= 0.3 is 0 Å². The molecule has 2 aliphatic heterocycles. The van der Waals surface area contributed by atoms with Crippen molar-refractivity contribution >= 4 is 5.91 Å². The van der Waals surface area contributed by atoms with Gasteiger partial charge in [0.1, 0.15) is 11.8 Å². The van der Waals surface area contributed by atoms with Gasteiger partial charge in [-0.05, 0) is 80.0 Å². The van der Waals surface area contributed by atoms with E-state index < -0.39 is 0 Å². The number of pyridine rings is 1. The summed E-state index contributed by atoms with van der Waals surface area (Å²) in [7, 11) is 0. The molecule has 7 nitrogen and oxygen atoms in total. The van der Waals surface area contributed by atoms with Gasteiger partial charge in [-0.2, -0.15) is 4.91 Å². The summed E-state index contributed by atoms with van der Waals surface area (Å²) in [6, 6.07) is 12.2. The van der Waals surface area contributed by atoms with Gasteiger partial charge in [-0.3, -0.25) is 14.7 Å². The summed E-state index contributed by atoms with van der Waals surface area (Å²) in [4.78, 5) is 31.0. The van der Waals surface area contributed by atoms with E-state index in [2.05, 4.69) is 33.4 Å². The van der Waals surface area contributed by atoms with Crippen molar-refractivity contribution in [3.8, 4) is 22.5 Å². The quantitative estimate of drug-likeness (QED) is 0.548. The number of carbonyl (C=O) groups is 1. The van der Waals surface area contributed by atoms with Crippen LogP contribution in [0.1, 0.15) is 53.9 Å². The number of aryl methyl sites for hydroxylation is 1. The van der Waals surface area contributed by atoms with E-state index in [4.69, 9.17) is 4.42 Å². The number of nitrogens with one attached hydrogen (secondary N) is 1. The fraction of sp³-hybridized carbons (Fsp3) is 0.407. The number of aromatic nitrogens is 1. The fourth-order valence-corrected chi connectivity index (χ4v) is 6.04. The first-order chi connectivity index (χ1) is 16.6. The highest BCUT2D eigenvalue weighted by molar-refractivity contribution is 5.95. The summed E-state index contributed by atoms with van der Waals surface area (Å²) >= 11 is 0. The number of benzene rings is 1. The van der Waals surface area contributed by atoms with Crippen molar-refractivity contribution in [2.45, 2.75) is 50.7 Å². The van der Waals surface area contributed by atoms with E-state index in [1.165, 1.54) is 6.42 Å². The minimum absolute atomic E-state index is 0.141. The Kier molecular flexibility index (Phi) is 5.29. The molecule has 2 fully saturated rings. The molecule has 3 aliphatic rings. The van der Waals surface area contributed by atoms with Gasteiger partial charge < -0.3 is 9.73 Å². The van der Waals surface area contributed by atoms with Crippen LogP contribution in [0.3, 0.4) is 0 Å². The number of amides is 1. The molecule has 6 rings (SSSR count). The third kappa shape index (κ3) is 3.64. The minimum Gasteiger partial charge on any atom is -0.450 e. The lowest BCUT2D eigenvalue weighted by Crippen LogP contribution is -2.50. The number of hydrogen-bond donors (Lipinski definition) is 1. The molecule has 1 amide bonds. The summed E-state index contributed by atoms with van der Waals surface area (Å²) < 4.78 is 6.19. The molecule has 1 aromatic carbocycles. The highest BCUT2D eigenvalue weighted by Crippen LogP contribution is 2.40. The van der Waals surface area contributed by atoms with Crippen molar-refractivity contribution in [2.24, 2.45) is 11.1 Å². The molecule has 0 radical (unpaired) electrons. The zero-order valence-corrected chi connectivity index (χ0v) is 19.2. The Morgan fingerprint density at radius 2 is 2.00 bits per heavy atom. The van der Waals surface area contributed by atoms with Gasteiger partial charge in [0.05, 0.1) is 0 Å². The second-order valence-corrected chi connectivity index (χ2v) is 9.85. The summed E-state index contributed by atoms with van der Waals surface area (Å²) in [5.74, 6) is 1.44. The van der Waals surface area contributed by atoms with Crippen molar-refractivity contribution in [1.29, 1.82) is 0 Å². The van der Waals surface area contributed by atoms with E-state index in [9.17, 15) is 9.70 Å². The third-order valence-electron chi connectivity index (χ3n) is 7.95. The molecule has 4 heterocycles. The molecular weight excluding hydrogens is 428 g/mol. The van der Waals surface area contributed by atoms with Crippen LogP contribution in [0.5, 0.6) is 0 Å². The standard InChI is InChI=1S/C27H28N4O3/c1-16-18-8-11-31(16)15-21(13-18)29-27(32)25-14-23(26(34-25)17-6-9-28-10-7-17)20-2-4-22-19(12-20)3-5-24(22)30-33/h2,4,6-7,9-10,12,14,16,18,21,24H,3,5,8,11,13,15H2,1H3,(H,29,32)/t16?,18-,21?,24?/m0/s1. The first-order valence-corrected chi connectivity index (χ1v) is 12.2. The molecule has 0 spiro atoms. The van der Waals surface area contributed by atoms with Gasteiger partial charge in [-0.15, -0.1) is 0 Å². The predicted octanol–water partition coefficient (Wildman–Crippen LogP) is 4.97. The number of fused-ring (bicyclic) bond motifs is 3. The van der Waals surface area contributed by atoms with Gasteiger partial charge in [0, 0.05) is 42.1 Å². The average molecular weight is 457 g/mol. The van der Waals surface area contributed by atoms with Crippen molar-refractivity contribution in [3.05, 3.63) is 70.6 Å². The van der Waals surface area contributed by atoms with Crippen molar-refractivity contribution in [2.75, 3.05) is 13.1 Å². The summed E-state index contributed by atoms with van der Waals surface area (Å²) in [6.07, 6.45) is 7.24. The Hall–Kier alpha value is -3.32. The number of rotatable bonds is 5. The maximum Gasteiger partial charge on any atom is 0.287 e. The van der Waals surface area contributed by atoms with Crippen LogP contribution in [0.2, 0.25) is 0 Å². The number of furan rings is 1. The monoisotopic (exact) mass is 456 g/mol. The topological polar surface area (TPSA) is 87.8 Å². The normalized spacial score (nSPS) is 27.4. The van der Waals surface area contributed by atoms with Gasteiger partial charge in [0.15, 0.2) is 5.76 Å². The fourth-order valence-electron chi connectivity index (χ4n) is 6.04. The molecule has 7 heteroatoms. The Morgan fingerprint density at radius 3 is 2.79 bits per heavy atom. The molecule has 1 N–H and O–H groups in total. The van der Waals surface area contributed by atoms with E-state index in [-0.39, 0.29) is 18.0 Å². The Bertz CT molecular complexity index is 1220. The molecule has 5 atom stereocenters. The molecule has 174 valence electrons. The van der Waals surface area contributed by atoms with E-state index >= 15 is 0 Å². The third-order valence-corrected chi connectivity index (χ3v) is 7.95. The molecule has 2 aromatic heterocycles. The van der Waals surface area contributed by atoms with Crippen LogP contribution in [0.4, 0.5) is 0 Å². The van der Waals surface area contributed by atoms with Gasteiger partial charge in [-0.25, -0.2) is 0 Å². The van der Waals surface area contributed by atoms with Gasteiger partial charge in [-0.1, -0.05) is 23.4 Å². The first-order valence-electron chi connectivity index (χ1n) is 12.2. The van der Waals surface area contributed by atoms with Crippen LogP contribution in [0.15, 0.2) is 58.4 Å².